The van der Waals surface area contributed by atoms with Gasteiger partial charge >= 0.3 is 11.4 Å². The Morgan fingerprint density at radius 2 is 1.00 bits per heavy atom. The van der Waals surface area contributed by atoms with E-state index in [0.717, 1.165) is 9.13 Å². The molecule has 4 aromatic rings. The Morgan fingerprint density at radius 1 is 0.615 bits per heavy atom. The van der Waals surface area contributed by atoms with Crippen molar-refractivity contribution in [2.75, 3.05) is 0 Å². The third kappa shape index (κ3) is 2.48. The molecule has 0 amide bonds. The van der Waals surface area contributed by atoms with Gasteiger partial charge in [0.2, 0.25) is 0 Å². The smallest absolute Gasteiger partial charge is 0.307 e. The van der Waals surface area contributed by atoms with Crippen molar-refractivity contribution in [3.8, 4) is 0 Å². The maximum absolute atomic E-state index is 12.5. The van der Waals surface area contributed by atoms with Gasteiger partial charge in [0, 0.05) is 13.1 Å². The third-order valence-electron chi connectivity index (χ3n) is 4.33. The van der Waals surface area contributed by atoms with E-state index in [1.54, 1.807) is 48.5 Å². The summed E-state index contributed by atoms with van der Waals surface area (Å²) in [6.45, 7) is -0.194. The summed E-state index contributed by atoms with van der Waals surface area (Å²) >= 11 is 0. The van der Waals surface area contributed by atoms with Crippen LogP contribution in [0.25, 0.3) is 21.8 Å². The van der Waals surface area contributed by atoms with Crippen LogP contribution >= 0.6 is 0 Å². The van der Waals surface area contributed by atoms with E-state index >= 15 is 0 Å². The molecular weight excluding hydrogens is 336 g/mol. The van der Waals surface area contributed by atoms with E-state index in [4.69, 9.17) is 0 Å². The Morgan fingerprint density at radius 3 is 1.42 bits per heavy atom. The second-order valence-electron chi connectivity index (χ2n) is 5.87. The van der Waals surface area contributed by atoms with E-state index < -0.39 is 22.5 Å². The summed E-state index contributed by atoms with van der Waals surface area (Å²) in [7, 11) is 0. The fraction of sp³-hybridized carbons (Fsp3) is 0.111. The Hall–Kier alpha value is -3.68. The van der Waals surface area contributed by atoms with Crippen molar-refractivity contribution in [2.45, 2.75) is 13.1 Å². The minimum absolute atomic E-state index is 0.0969. The van der Waals surface area contributed by atoms with Gasteiger partial charge in [0.25, 0.3) is 11.1 Å². The zero-order valence-electron chi connectivity index (χ0n) is 13.6. The van der Waals surface area contributed by atoms with Crippen molar-refractivity contribution >= 4 is 21.8 Å². The monoisotopic (exact) mass is 350 g/mol. The first kappa shape index (κ1) is 15.8. The molecule has 0 atom stereocenters. The lowest BCUT2D eigenvalue weighted by molar-refractivity contribution is 0.523. The first-order valence-corrected chi connectivity index (χ1v) is 8.00. The van der Waals surface area contributed by atoms with Gasteiger partial charge in [-0.05, 0) is 24.3 Å². The number of benzene rings is 2. The molecule has 0 saturated heterocycles. The molecule has 4 rings (SSSR count). The van der Waals surface area contributed by atoms with E-state index in [9.17, 15) is 19.2 Å². The standard InChI is InChI=1S/C18H14N4O4/c23-15-11-5-1-3-7-13(11)19-17(25)21(15)9-10-22-16(24)12-6-2-4-8-14(12)20-18(22)26/h1-8H,9-10H2,(H,19,25)(H,20,26). The zero-order valence-corrected chi connectivity index (χ0v) is 13.6. The topological polar surface area (TPSA) is 110 Å². The van der Waals surface area contributed by atoms with Crippen LogP contribution in [0.15, 0.2) is 67.7 Å². The number of fused-ring (bicyclic) bond motifs is 2. The molecule has 0 saturated carbocycles. The molecule has 26 heavy (non-hydrogen) atoms. The van der Waals surface area contributed by atoms with Gasteiger partial charge in [-0.1, -0.05) is 24.3 Å². The molecule has 130 valence electrons. The lowest BCUT2D eigenvalue weighted by Crippen LogP contribution is -2.40. The lowest BCUT2D eigenvalue weighted by atomic mass is 10.2. The normalized spacial score (nSPS) is 11.2. The number of aromatic amines is 2. The van der Waals surface area contributed by atoms with Crippen LogP contribution in [0.3, 0.4) is 0 Å². The van der Waals surface area contributed by atoms with Crippen molar-refractivity contribution in [3.05, 3.63) is 90.2 Å². The van der Waals surface area contributed by atoms with Gasteiger partial charge < -0.3 is 9.97 Å². The predicted molar refractivity (Wildman–Crippen MR) is 97.7 cm³/mol. The Kier molecular flexibility index (Phi) is 3.65. The van der Waals surface area contributed by atoms with Crippen LogP contribution < -0.4 is 22.5 Å². The van der Waals surface area contributed by atoms with Crippen molar-refractivity contribution in [2.24, 2.45) is 0 Å². The predicted octanol–water partition coefficient (Wildman–Crippen LogP) is 0.393. The Labute approximate surface area is 145 Å². The summed E-state index contributed by atoms with van der Waals surface area (Å²) in [6, 6.07) is 13.3. The molecule has 0 fully saturated rings. The van der Waals surface area contributed by atoms with Crippen molar-refractivity contribution in [3.63, 3.8) is 0 Å². The summed E-state index contributed by atoms with van der Waals surface area (Å²) in [6.07, 6.45) is 0. The number of rotatable bonds is 3. The van der Waals surface area contributed by atoms with Crippen LogP contribution in [0, 0.1) is 0 Å². The van der Waals surface area contributed by atoms with Gasteiger partial charge in [-0.3, -0.25) is 18.7 Å². The molecule has 0 spiro atoms. The molecule has 0 bridgehead atoms. The highest BCUT2D eigenvalue weighted by Crippen LogP contribution is 2.04. The highest BCUT2D eigenvalue weighted by molar-refractivity contribution is 5.77. The lowest BCUT2D eigenvalue weighted by Gasteiger charge is -2.08. The van der Waals surface area contributed by atoms with Gasteiger partial charge in [-0.2, -0.15) is 0 Å². The molecular formula is C18H14N4O4. The van der Waals surface area contributed by atoms with Crippen LogP contribution in [0.2, 0.25) is 0 Å². The highest BCUT2D eigenvalue weighted by atomic mass is 16.2. The minimum Gasteiger partial charge on any atom is -0.307 e. The Balaban J connectivity index is 1.79. The van der Waals surface area contributed by atoms with E-state index in [0.29, 0.717) is 21.8 Å². The van der Waals surface area contributed by atoms with E-state index in [1.165, 1.54) is 0 Å². The minimum atomic E-state index is -0.584. The summed E-state index contributed by atoms with van der Waals surface area (Å²) < 4.78 is 1.98. The molecule has 0 aliphatic carbocycles. The van der Waals surface area contributed by atoms with Crippen LogP contribution in [-0.2, 0) is 13.1 Å². The van der Waals surface area contributed by atoms with Crippen LogP contribution in [0.4, 0.5) is 0 Å². The number of H-pyrrole nitrogens is 2. The first-order valence-electron chi connectivity index (χ1n) is 8.00. The number of para-hydroxylation sites is 2. The van der Waals surface area contributed by atoms with Crippen molar-refractivity contribution in [1.82, 2.24) is 19.1 Å². The number of nitrogens with one attached hydrogen (secondary N) is 2. The molecule has 0 aliphatic heterocycles. The van der Waals surface area contributed by atoms with Crippen LogP contribution in [0.5, 0.6) is 0 Å². The largest absolute Gasteiger partial charge is 0.328 e. The Bertz CT molecular complexity index is 1270. The van der Waals surface area contributed by atoms with Crippen LogP contribution in [0.1, 0.15) is 0 Å². The SMILES string of the molecule is O=c1[nH]c2ccccc2c(=O)n1CCn1c(=O)[nH]c2ccccc2c1=O. The molecule has 2 aromatic heterocycles. The fourth-order valence-electron chi connectivity index (χ4n) is 3.00. The maximum Gasteiger partial charge on any atom is 0.328 e. The average Bonchev–Trinajstić information content (AvgIpc) is 2.64. The number of hydrogen-bond acceptors (Lipinski definition) is 4. The molecule has 2 aromatic carbocycles. The van der Waals surface area contributed by atoms with Gasteiger partial charge in [-0.15, -0.1) is 0 Å². The fourth-order valence-corrected chi connectivity index (χ4v) is 3.00. The quantitative estimate of drug-likeness (QED) is 0.557. The van der Waals surface area contributed by atoms with Gasteiger partial charge in [0.15, 0.2) is 0 Å². The van der Waals surface area contributed by atoms with Gasteiger partial charge in [-0.25, -0.2) is 9.59 Å². The second-order valence-corrected chi connectivity index (χ2v) is 5.87. The zero-order chi connectivity index (χ0) is 18.3. The molecule has 8 nitrogen and oxygen atoms in total. The third-order valence-corrected chi connectivity index (χ3v) is 4.33. The molecule has 0 radical (unpaired) electrons. The second kappa shape index (κ2) is 5.99. The van der Waals surface area contributed by atoms with Crippen molar-refractivity contribution in [1.29, 1.82) is 0 Å². The highest BCUT2D eigenvalue weighted by Gasteiger charge is 2.10. The molecule has 2 N–H and O–H groups in total. The summed E-state index contributed by atoms with van der Waals surface area (Å²) in [5, 5.41) is 0.735. The van der Waals surface area contributed by atoms with Gasteiger partial charge in [0.1, 0.15) is 0 Å². The first-order chi connectivity index (χ1) is 12.6. The molecule has 0 unspecified atom stereocenters. The van der Waals surface area contributed by atoms with E-state index in [-0.39, 0.29) is 13.1 Å². The summed E-state index contributed by atoms with van der Waals surface area (Å²) in [4.78, 5) is 54.7. The number of nitrogens with zero attached hydrogens (tertiary/aromatic N) is 2. The van der Waals surface area contributed by atoms with Crippen LogP contribution in [-0.4, -0.2) is 19.1 Å². The van der Waals surface area contributed by atoms with E-state index in [1.807, 2.05) is 0 Å². The molecule has 0 aliphatic rings. The maximum atomic E-state index is 12.5. The molecule has 8 heteroatoms. The van der Waals surface area contributed by atoms with Crippen molar-refractivity contribution < 1.29 is 0 Å². The summed E-state index contributed by atoms with van der Waals surface area (Å²) in [5.74, 6) is 0. The van der Waals surface area contributed by atoms with Gasteiger partial charge in [0.05, 0.1) is 21.8 Å². The average molecular weight is 350 g/mol. The molecule has 2 heterocycles. The van der Waals surface area contributed by atoms with E-state index in [2.05, 4.69) is 9.97 Å². The summed E-state index contributed by atoms with van der Waals surface area (Å²) in [5.41, 5.74) is -1.21. The number of hydrogen-bond donors (Lipinski definition) is 2. The number of aromatic nitrogens is 4.